The molecular weight excluding hydrogens is 419 g/mol. The second-order valence-corrected chi connectivity index (χ2v) is 10.2. The van der Waals surface area contributed by atoms with Crippen LogP contribution in [0.1, 0.15) is 38.3 Å². The minimum atomic E-state index is -3.47. The van der Waals surface area contributed by atoms with Crippen molar-refractivity contribution in [1.82, 2.24) is 14.7 Å². The van der Waals surface area contributed by atoms with Crippen LogP contribution in [0.2, 0.25) is 5.02 Å². The van der Waals surface area contributed by atoms with E-state index in [2.05, 4.69) is 10.4 Å². The Morgan fingerprint density at radius 3 is 2.72 bits per heavy atom. The van der Waals surface area contributed by atoms with Gasteiger partial charge in [-0.1, -0.05) is 24.4 Å². The summed E-state index contributed by atoms with van der Waals surface area (Å²) in [6.07, 6.45) is 4.58. The van der Waals surface area contributed by atoms with Crippen molar-refractivity contribution >= 4 is 33.2 Å². The summed E-state index contributed by atoms with van der Waals surface area (Å²) < 4.78 is 41.1. The zero-order valence-corrected chi connectivity index (χ0v) is 17.5. The molecule has 1 aliphatic heterocycles. The molecule has 0 radical (unpaired) electrons. The number of sulfone groups is 1. The van der Waals surface area contributed by atoms with Gasteiger partial charge >= 0.3 is 6.03 Å². The van der Waals surface area contributed by atoms with E-state index in [9.17, 15) is 17.6 Å². The summed E-state index contributed by atoms with van der Waals surface area (Å²) in [6.45, 7) is 2.39. The van der Waals surface area contributed by atoms with Gasteiger partial charge in [0.1, 0.15) is 10.7 Å². The van der Waals surface area contributed by atoms with Crippen molar-refractivity contribution < 1.29 is 17.6 Å². The Morgan fingerprint density at radius 2 is 2.03 bits per heavy atom. The highest BCUT2D eigenvalue weighted by Crippen LogP contribution is 2.33. The lowest BCUT2D eigenvalue weighted by Gasteiger charge is -2.34. The first-order valence-electron chi connectivity index (χ1n) is 9.58. The van der Waals surface area contributed by atoms with Crippen molar-refractivity contribution in [3.63, 3.8) is 0 Å². The second kappa shape index (κ2) is 7.60. The van der Waals surface area contributed by atoms with E-state index in [1.54, 1.807) is 9.58 Å². The van der Waals surface area contributed by atoms with Gasteiger partial charge in [-0.05, 0) is 38.0 Å². The summed E-state index contributed by atoms with van der Waals surface area (Å²) in [4.78, 5) is 14.6. The maximum Gasteiger partial charge on any atom is 0.322 e. The van der Waals surface area contributed by atoms with Gasteiger partial charge in [-0.3, -0.25) is 4.68 Å². The van der Waals surface area contributed by atoms with Crippen LogP contribution in [0.4, 0.5) is 14.9 Å². The fourth-order valence-electron chi connectivity index (χ4n) is 4.03. The number of urea groups is 1. The zero-order chi connectivity index (χ0) is 20.8. The van der Waals surface area contributed by atoms with Gasteiger partial charge in [0.05, 0.1) is 41.3 Å². The average molecular weight is 441 g/mol. The number of nitrogens with one attached hydrogen (secondary N) is 1. The van der Waals surface area contributed by atoms with Gasteiger partial charge in [0.2, 0.25) is 0 Å². The van der Waals surface area contributed by atoms with E-state index in [0.29, 0.717) is 30.8 Å². The number of halogens is 2. The lowest BCUT2D eigenvalue weighted by molar-refractivity contribution is 0.160. The first-order valence-corrected chi connectivity index (χ1v) is 11.5. The SMILES string of the molecule is CC1Cn2ncc(S(=O)(=O)C3CCCC3)c2CN1C(=O)Nc1ccc(F)c(Cl)c1. The molecule has 0 saturated heterocycles. The van der Waals surface area contributed by atoms with E-state index >= 15 is 0 Å². The number of carbonyl (C=O) groups is 1. The average Bonchev–Trinajstić information content (AvgIpc) is 3.34. The number of anilines is 1. The van der Waals surface area contributed by atoms with Crippen LogP contribution in [0, 0.1) is 5.82 Å². The van der Waals surface area contributed by atoms with Crippen LogP contribution >= 0.6 is 11.6 Å². The highest BCUT2D eigenvalue weighted by Gasteiger charge is 2.37. The van der Waals surface area contributed by atoms with Crippen LogP contribution in [-0.2, 0) is 22.9 Å². The monoisotopic (exact) mass is 440 g/mol. The van der Waals surface area contributed by atoms with E-state index in [0.717, 1.165) is 12.8 Å². The van der Waals surface area contributed by atoms with Gasteiger partial charge < -0.3 is 10.2 Å². The molecule has 2 aromatic rings. The van der Waals surface area contributed by atoms with Crippen LogP contribution < -0.4 is 5.32 Å². The Morgan fingerprint density at radius 1 is 1.31 bits per heavy atom. The molecule has 1 aromatic heterocycles. The fraction of sp³-hybridized carbons (Fsp3) is 0.474. The predicted octanol–water partition coefficient (Wildman–Crippen LogP) is 3.83. The standard InChI is InChI=1S/C19H22ClFN4O3S/c1-12-10-25-17(18(9-22-25)29(27,28)14-4-2-3-5-14)11-24(12)19(26)23-13-6-7-16(21)15(20)8-13/h6-9,12,14H,2-5,10-11H2,1H3,(H,23,26). The third-order valence-corrected chi connectivity index (χ3v) is 8.27. The van der Waals surface area contributed by atoms with E-state index in [-0.39, 0.29) is 27.8 Å². The largest absolute Gasteiger partial charge is 0.322 e. The topological polar surface area (TPSA) is 84.3 Å². The van der Waals surface area contributed by atoms with Crippen molar-refractivity contribution in [3.8, 4) is 0 Å². The molecule has 1 aromatic carbocycles. The van der Waals surface area contributed by atoms with Gasteiger partial charge in [0, 0.05) is 5.69 Å². The Bertz CT molecular complexity index is 1050. The number of rotatable bonds is 3. The number of nitrogens with zero attached hydrogens (tertiary/aromatic N) is 3. The molecule has 156 valence electrons. The third kappa shape index (κ3) is 3.73. The maximum absolute atomic E-state index is 13.3. The van der Waals surface area contributed by atoms with Crippen LogP contribution in [0.15, 0.2) is 29.3 Å². The van der Waals surface area contributed by atoms with E-state index in [4.69, 9.17) is 11.6 Å². The quantitative estimate of drug-likeness (QED) is 0.786. The Kier molecular flexibility index (Phi) is 5.29. The highest BCUT2D eigenvalue weighted by atomic mass is 35.5. The highest BCUT2D eigenvalue weighted by molar-refractivity contribution is 7.92. The van der Waals surface area contributed by atoms with Gasteiger partial charge in [-0.15, -0.1) is 0 Å². The Labute approximate surface area is 173 Å². The lowest BCUT2D eigenvalue weighted by Crippen LogP contribution is -2.47. The van der Waals surface area contributed by atoms with Crippen LogP contribution in [0.3, 0.4) is 0 Å². The molecule has 0 spiro atoms. The molecule has 1 saturated carbocycles. The number of amides is 2. The number of carbonyl (C=O) groups excluding carboxylic acids is 1. The van der Waals surface area contributed by atoms with Crippen molar-refractivity contribution in [1.29, 1.82) is 0 Å². The molecule has 1 atom stereocenters. The van der Waals surface area contributed by atoms with E-state index in [1.807, 2.05) is 6.92 Å². The van der Waals surface area contributed by atoms with Crippen molar-refractivity contribution in [2.45, 2.75) is 61.9 Å². The molecule has 2 aliphatic rings. The Balaban J connectivity index is 1.58. The van der Waals surface area contributed by atoms with Crippen molar-refractivity contribution in [2.75, 3.05) is 5.32 Å². The minimum absolute atomic E-state index is 0.0856. The first-order chi connectivity index (χ1) is 13.8. The summed E-state index contributed by atoms with van der Waals surface area (Å²) in [5, 5.41) is 6.51. The smallest absolute Gasteiger partial charge is 0.314 e. The van der Waals surface area contributed by atoms with Crippen LogP contribution in [-0.4, -0.2) is 40.4 Å². The number of benzene rings is 1. The molecule has 10 heteroatoms. The summed E-state index contributed by atoms with van der Waals surface area (Å²) in [7, 11) is -3.47. The van der Waals surface area contributed by atoms with Crippen LogP contribution in [0.5, 0.6) is 0 Å². The lowest BCUT2D eigenvalue weighted by atomic mass is 10.2. The van der Waals surface area contributed by atoms with Crippen molar-refractivity contribution in [3.05, 3.63) is 40.9 Å². The van der Waals surface area contributed by atoms with Crippen molar-refractivity contribution in [2.24, 2.45) is 0 Å². The van der Waals surface area contributed by atoms with Gasteiger partial charge in [0.25, 0.3) is 0 Å². The molecule has 1 aliphatic carbocycles. The summed E-state index contributed by atoms with van der Waals surface area (Å²) in [6, 6.07) is 3.34. The van der Waals surface area contributed by atoms with Gasteiger partial charge in [-0.25, -0.2) is 17.6 Å². The fourth-order valence-corrected chi connectivity index (χ4v) is 6.22. The molecule has 7 nitrogen and oxygen atoms in total. The normalized spacial score (nSPS) is 20.0. The zero-order valence-electron chi connectivity index (χ0n) is 15.9. The van der Waals surface area contributed by atoms with E-state index < -0.39 is 21.7 Å². The second-order valence-electron chi connectivity index (χ2n) is 7.63. The van der Waals surface area contributed by atoms with Crippen LogP contribution in [0.25, 0.3) is 0 Å². The minimum Gasteiger partial charge on any atom is -0.314 e. The molecule has 1 fully saturated rings. The summed E-state index contributed by atoms with van der Waals surface area (Å²) >= 11 is 5.78. The van der Waals surface area contributed by atoms with E-state index in [1.165, 1.54) is 24.4 Å². The predicted molar refractivity (Wildman–Crippen MR) is 107 cm³/mol. The number of fused-ring (bicyclic) bond motifs is 1. The summed E-state index contributed by atoms with van der Waals surface area (Å²) in [5.41, 5.74) is 0.897. The third-order valence-electron chi connectivity index (χ3n) is 5.68. The molecule has 2 amide bonds. The summed E-state index contributed by atoms with van der Waals surface area (Å²) in [5.74, 6) is -0.568. The Hall–Kier alpha value is -2.13. The molecule has 4 rings (SSSR count). The molecule has 0 bridgehead atoms. The number of hydrogen-bond donors (Lipinski definition) is 1. The van der Waals surface area contributed by atoms with Gasteiger partial charge in [-0.2, -0.15) is 5.10 Å². The number of hydrogen-bond acceptors (Lipinski definition) is 4. The molecule has 29 heavy (non-hydrogen) atoms. The molecule has 1 unspecified atom stereocenters. The maximum atomic E-state index is 13.3. The van der Waals surface area contributed by atoms with Gasteiger partial charge in [0.15, 0.2) is 9.84 Å². The molecule has 1 N–H and O–H groups in total. The molecular formula is C19H22ClFN4O3S. The number of aromatic nitrogens is 2. The first kappa shape index (κ1) is 20.2. The molecule has 2 heterocycles.